The van der Waals surface area contributed by atoms with Gasteiger partial charge < -0.3 is 20.8 Å². The van der Waals surface area contributed by atoms with Gasteiger partial charge in [0.1, 0.15) is 0 Å². The molecule has 0 aliphatic rings. The number of hydrogen-bond acceptors (Lipinski definition) is 3. The van der Waals surface area contributed by atoms with Crippen LogP contribution < -0.4 is 11.1 Å². The van der Waals surface area contributed by atoms with Gasteiger partial charge in [0.15, 0.2) is 0 Å². The van der Waals surface area contributed by atoms with Crippen molar-refractivity contribution in [1.82, 2.24) is 10.3 Å². The molecule has 2 rings (SSSR count). The van der Waals surface area contributed by atoms with E-state index in [9.17, 15) is 4.79 Å². The Kier molecular flexibility index (Phi) is 5.36. The van der Waals surface area contributed by atoms with Crippen LogP contribution in [0.2, 0.25) is 0 Å². The van der Waals surface area contributed by atoms with E-state index in [0.29, 0.717) is 19.6 Å². The number of carbonyl (C=O) groups excluding carboxylic acids is 1. The third-order valence-corrected chi connectivity index (χ3v) is 3.53. The van der Waals surface area contributed by atoms with Crippen LogP contribution in [0.5, 0.6) is 0 Å². The van der Waals surface area contributed by atoms with Crippen LogP contribution in [0, 0.1) is 5.92 Å². The van der Waals surface area contributed by atoms with Crippen LogP contribution in [-0.2, 0) is 16.0 Å². The van der Waals surface area contributed by atoms with Gasteiger partial charge in [-0.15, -0.1) is 0 Å². The van der Waals surface area contributed by atoms with Gasteiger partial charge in [-0.05, 0) is 24.0 Å². The van der Waals surface area contributed by atoms with Gasteiger partial charge in [-0.3, -0.25) is 4.79 Å². The molecule has 2 aromatic rings. The summed E-state index contributed by atoms with van der Waals surface area (Å²) in [6, 6.07) is 7.46. The number of fused-ring (bicyclic) bond motifs is 1. The lowest BCUT2D eigenvalue weighted by molar-refractivity contribution is -0.122. The minimum absolute atomic E-state index is 0.122. The molecule has 0 aliphatic carbocycles. The predicted molar refractivity (Wildman–Crippen MR) is 84.0 cm³/mol. The van der Waals surface area contributed by atoms with E-state index in [-0.39, 0.29) is 11.8 Å². The van der Waals surface area contributed by atoms with E-state index < -0.39 is 6.04 Å². The number of nitrogens with one attached hydrogen (secondary N) is 2. The molecule has 0 spiro atoms. The Bertz CT molecular complexity index is 594. The van der Waals surface area contributed by atoms with Crippen LogP contribution in [0.15, 0.2) is 30.5 Å². The fraction of sp³-hybridized carbons (Fsp3) is 0.438. The molecule has 0 saturated heterocycles. The number of para-hydroxylation sites is 1. The van der Waals surface area contributed by atoms with E-state index in [1.54, 1.807) is 7.11 Å². The number of methoxy groups -OCH3 is 1. The van der Waals surface area contributed by atoms with E-state index in [4.69, 9.17) is 10.5 Å². The summed E-state index contributed by atoms with van der Waals surface area (Å²) >= 11 is 0. The molecule has 0 saturated carbocycles. The third-order valence-electron chi connectivity index (χ3n) is 3.53. The molecule has 1 unspecified atom stereocenters. The van der Waals surface area contributed by atoms with E-state index >= 15 is 0 Å². The van der Waals surface area contributed by atoms with Crippen LogP contribution in [0.3, 0.4) is 0 Å². The standard InChI is InChI=1S/C16H23N3O2/c1-11(10-21-2)8-19-16(20)14(17)7-12-9-18-15-6-4-3-5-13(12)15/h3-6,9,11,14,18H,7-8,10,17H2,1-2H3,(H,19,20)/t11?,14-/m1/s1. The Morgan fingerprint density at radius 1 is 1.43 bits per heavy atom. The quantitative estimate of drug-likeness (QED) is 0.721. The minimum Gasteiger partial charge on any atom is -0.384 e. The maximum Gasteiger partial charge on any atom is 0.237 e. The summed E-state index contributed by atoms with van der Waals surface area (Å²) in [5, 5.41) is 3.99. The van der Waals surface area contributed by atoms with Gasteiger partial charge in [-0.1, -0.05) is 25.1 Å². The molecule has 5 heteroatoms. The van der Waals surface area contributed by atoms with Crippen LogP contribution in [0.4, 0.5) is 0 Å². The molecule has 21 heavy (non-hydrogen) atoms. The highest BCUT2D eigenvalue weighted by Crippen LogP contribution is 2.18. The smallest absolute Gasteiger partial charge is 0.237 e. The van der Waals surface area contributed by atoms with E-state index in [2.05, 4.69) is 10.3 Å². The number of aromatic amines is 1. The number of H-pyrrole nitrogens is 1. The number of aromatic nitrogens is 1. The largest absolute Gasteiger partial charge is 0.384 e. The van der Waals surface area contributed by atoms with Gasteiger partial charge in [-0.25, -0.2) is 0 Å². The first kappa shape index (κ1) is 15.5. The summed E-state index contributed by atoms with van der Waals surface area (Å²) in [6.07, 6.45) is 2.44. The lowest BCUT2D eigenvalue weighted by Crippen LogP contribution is -2.43. The summed E-state index contributed by atoms with van der Waals surface area (Å²) in [6.45, 7) is 3.22. The van der Waals surface area contributed by atoms with Gasteiger partial charge >= 0.3 is 0 Å². The normalized spacial score (nSPS) is 14.0. The highest BCUT2D eigenvalue weighted by Gasteiger charge is 2.16. The molecule has 1 heterocycles. The summed E-state index contributed by atoms with van der Waals surface area (Å²) in [4.78, 5) is 15.2. The van der Waals surface area contributed by atoms with Crippen molar-refractivity contribution in [1.29, 1.82) is 0 Å². The van der Waals surface area contributed by atoms with Crippen molar-refractivity contribution in [2.24, 2.45) is 11.7 Å². The lowest BCUT2D eigenvalue weighted by atomic mass is 10.0. The van der Waals surface area contributed by atoms with Gasteiger partial charge in [-0.2, -0.15) is 0 Å². The van der Waals surface area contributed by atoms with Crippen LogP contribution >= 0.6 is 0 Å². The summed E-state index contributed by atoms with van der Waals surface area (Å²) in [5.41, 5.74) is 8.13. The van der Waals surface area contributed by atoms with Crippen molar-refractivity contribution in [3.8, 4) is 0 Å². The Balaban J connectivity index is 1.91. The van der Waals surface area contributed by atoms with Crippen molar-refractivity contribution in [3.05, 3.63) is 36.0 Å². The molecule has 1 aromatic heterocycles. The zero-order valence-electron chi connectivity index (χ0n) is 12.6. The van der Waals surface area contributed by atoms with Crippen molar-refractivity contribution in [2.45, 2.75) is 19.4 Å². The molecule has 0 aliphatic heterocycles. The number of hydrogen-bond donors (Lipinski definition) is 3. The number of nitrogens with two attached hydrogens (primary N) is 1. The second-order valence-corrected chi connectivity index (χ2v) is 5.48. The maximum atomic E-state index is 12.0. The average molecular weight is 289 g/mol. The number of ether oxygens (including phenoxy) is 1. The maximum absolute atomic E-state index is 12.0. The minimum atomic E-state index is -0.543. The molecular formula is C16H23N3O2. The molecule has 5 nitrogen and oxygen atoms in total. The van der Waals surface area contributed by atoms with Gasteiger partial charge in [0.05, 0.1) is 12.6 Å². The molecule has 0 bridgehead atoms. The Hall–Kier alpha value is -1.85. The second kappa shape index (κ2) is 7.24. The third kappa shape index (κ3) is 4.06. The Labute approximate surface area is 124 Å². The first-order valence-corrected chi connectivity index (χ1v) is 7.19. The molecule has 1 aromatic carbocycles. The predicted octanol–water partition coefficient (Wildman–Crippen LogP) is 1.44. The molecule has 2 atom stereocenters. The average Bonchev–Trinajstić information content (AvgIpc) is 2.88. The summed E-state index contributed by atoms with van der Waals surface area (Å²) < 4.78 is 5.04. The van der Waals surface area contributed by atoms with Gasteiger partial charge in [0, 0.05) is 30.8 Å². The van der Waals surface area contributed by atoms with E-state index in [1.165, 1.54) is 0 Å². The molecule has 4 N–H and O–H groups in total. The summed E-state index contributed by atoms with van der Waals surface area (Å²) in [7, 11) is 1.65. The lowest BCUT2D eigenvalue weighted by Gasteiger charge is -2.15. The first-order valence-electron chi connectivity index (χ1n) is 7.19. The monoisotopic (exact) mass is 289 g/mol. The van der Waals surface area contributed by atoms with E-state index in [0.717, 1.165) is 16.5 Å². The Morgan fingerprint density at radius 2 is 2.19 bits per heavy atom. The van der Waals surface area contributed by atoms with Crippen LogP contribution in [0.25, 0.3) is 10.9 Å². The molecule has 0 fully saturated rings. The number of carbonyl (C=O) groups is 1. The van der Waals surface area contributed by atoms with Gasteiger partial charge in [0.25, 0.3) is 0 Å². The van der Waals surface area contributed by atoms with Crippen LogP contribution in [-0.4, -0.2) is 37.2 Å². The van der Waals surface area contributed by atoms with E-state index in [1.807, 2.05) is 37.4 Å². The Morgan fingerprint density at radius 3 is 2.95 bits per heavy atom. The second-order valence-electron chi connectivity index (χ2n) is 5.48. The number of rotatable bonds is 7. The van der Waals surface area contributed by atoms with Crippen molar-refractivity contribution in [2.75, 3.05) is 20.3 Å². The zero-order valence-corrected chi connectivity index (χ0v) is 12.6. The fourth-order valence-corrected chi connectivity index (χ4v) is 2.38. The molecule has 114 valence electrons. The number of amides is 1. The molecule has 0 radical (unpaired) electrons. The highest BCUT2D eigenvalue weighted by atomic mass is 16.5. The summed E-state index contributed by atoms with van der Waals surface area (Å²) in [5.74, 6) is 0.155. The first-order chi connectivity index (χ1) is 10.1. The topological polar surface area (TPSA) is 80.1 Å². The van der Waals surface area contributed by atoms with Crippen LogP contribution in [0.1, 0.15) is 12.5 Å². The zero-order chi connectivity index (χ0) is 15.2. The van der Waals surface area contributed by atoms with Gasteiger partial charge in [0.2, 0.25) is 5.91 Å². The molecule has 1 amide bonds. The van der Waals surface area contributed by atoms with Crippen molar-refractivity contribution in [3.63, 3.8) is 0 Å². The number of benzene rings is 1. The molecular weight excluding hydrogens is 266 g/mol. The van der Waals surface area contributed by atoms with Crippen molar-refractivity contribution < 1.29 is 9.53 Å². The van der Waals surface area contributed by atoms with Crippen molar-refractivity contribution >= 4 is 16.8 Å². The SMILES string of the molecule is COCC(C)CNC(=O)[C@H](N)Cc1c[nH]c2ccccc12. The fourth-order valence-electron chi connectivity index (χ4n) is 2.38. The highest BCUT2D eigenvalue weighted by molar-refractivity contribution is 5.86.